The van der Waals surface area contributed by atoms with Gasteiger partial charge in [0, 0.05) is 35.6 Å². The monoisotopic (exact) mass is 483 g/mol. The Balaban J connectivity index is 1.48. The fourth-order valence-electron chi connectivity index (χ4n) is 3.79. The van der Waals surface area contributed by atoms with Gasteiger partial charge in [0.2, 0.25) is 5.91 Å². The van der Waals surface area contributed by atoms with Gasteiger partial charge in [-0.3, -0.25) is 4.79 Å². The highest BCUT2D eigenvalue weighted by Crippen LogP contribution is 2.32. The van der Waals surface area contributed by atoms with Gasteiger partial charge in [-0.25, -0.2) is 4.09 Å². The Bertz CT molecular complexity index is 1330. The topological polar surface area (TPSA) is 92.0 Å². The lowest BCUT2D eigenvalue weighted by atomic mass is 10.0. The summed E-state index contributed by atoms with van der Waals surface area (Å²) in [6.07, 6.45) is 4.21. The van der Waals surface area contributed by atoms with Crippen molar-refractivity contribution in [3.63, 3.8) is 0 Å². The van der Waals surface area contributed by atoms with E-state index >= 15 is 0 Å². The normalized spacial score (nSPS) is 11.5. The van der Waals surface area contributed by atoms with Crippen LogP contribution in [0.25, 0.3) is 11.1 Å². The van der Waals surface area contributed by atoms with Gasteiger partial charge in [0.1, 0.15) is 11.8 Å². The molecule has 1 amide bonds. The summed E-state index contributed by atoms with van der Waals surface area (Å²) in [5, 5.41) is 19.4. The molecule has 0 saturated carbocycles. The molecule has 0 bridgehead atoms. The molecular weight excluding hydrogens is 458 g/mol. The molecule has 0 aliphatic rings. The largest absolute Gasteiger partial charge is 0.496 e. The number of nitriles is 1. The van der Waals surface area contributed by atoms with E-state index in [4.69, 9.17) is 10.00 Å². The number of carbonyl (C=O) groups excluding carboxylic acids is 1. The van der Waals surface area contributed by atoms with E-state index in [2.05, 4.69) is 34.6 Å². The molecule has 0 aliphatic carbocycles. The molecule has 2 N–H and O–H groups in total. The Kier molecular flexibility index (Phi) is 7.83. The summed E-state index contributed by atoms with van der Waals surface area (Å²) in [4.78, 5) is 13.3. The lowest BCUT2D eigenvalue weighted by Gasteiger charge is -2.19. The third kappa shape index (κ3) is 6.09. The molecule has 0 saturated heterocycles. The van der Waals surface area contributed by atoms with Crippen molar-refractivity contribution in [2.75, 3.05) is 19.0 Å². The van der Waals surface area contributed by atoms with E-state index in [0.717, 1.165) is 28.7 Å². The lowest BCUT2D eigenvalue weighted by molar-refractivity contribution is -0.118. The zero-order chi connectivity index (χ0) is 24.6. The number of ether oxygens (including phenoxy) is 1. The number of amides is 1. The van der Waals surface area contributed by atoms with Gasteiger partial charge in [0.05, 0.1) is 24.9 Å². The van der Waals surface area contributed by atoms with E-state index in [9.17, 15) is 4.79 Å². The van der Waals surface area contributed by atoms with Gasteiger partial charge in [0.25, 0.3) is 0 Å². The van der Waals surface area contributed by atoms with Gasteiger partial charge >= 0.3 is 0 Å². The molecule has 1 heterocycles. The van der Waals surface area contributed by atoms with Crippen LogP contribution >= 0.6 is 12.8 Å². The van der Waals surface area contributed by atoms with Crippen molar-refractivity contribution in [1.82, 2.24) is 14.5 Å². The van der Waals surface area contributed by atoms with Crippen molar-refractivity contribution in [2.45, 2.75) is 12.5 Å². The Morgan fingerprint density at radius 3 is 2.57 bits per heavy atom. The van der Waals surface area contributed by atoms with Crippen molar-refractivity contribution < 1.29 is 9.53 Å². The fourth-order valence-corrected chi connectivity index (χ4v) is 3.96. The molecule has 4 aromatic rings. The van der Waals surface area contributed by atoms with Crippen LogP contribution in [0.4, 0.5) is 5.69 Å². The molecule has 1 atom stereocenters. The van der Waals surface area contributed by atoms with Crippen LogP contribution in [0.5, 0.6) is 5.75 Å². The summed E-state index contributed by atoms with van der Waals surface area (Å²) < 4.78 is 6.99. The van der Waals surface area contributed by atoms with E-state index in [0.29, 0.717) is 23.5 Å². The number of rotatable bonds is 9. The smallest absolute Gasteiger partial charge is 0.246 e. The molecular formula is C27H25N5O2S. The average molecular weight is 484 g/mol. The first-order valence-corrected chi connectivity index (χ1v) is 11.5. The quantitative estimate of drug-likeness (QED) is 0.302. The summed E-state index contributed by atoms with van der Waals surface area (Å²) in [5.41, 5.74) is 4.93. The Labute approximate surface area is 209 Å². The number of nitrogens with zero attached hydrogens (tertiary/aromatic N) is 3. The SMILES string of the molecule is COc1cc(NC(=O)C(NCCc2ccc(C#N)cc2)c2ccccc2)ccc1-c1cnn(S)c1. The Morgan fingerprint density at radius 2 is 1.91 bits per heavy atom. The van der Waals surface area contributed by atoms with E-state index in [1.807, 2.05) is 54.6 Å². The van der Waals surface area contributed by atoms with Gasteiger partial charge in [0.15, 0.2) is 0 Å². The molecule has 0 spiro atoms. The second-order valence-corrected chi connectivity index (χ2v) is 8.32. The summed E-state index contributed by atoms with van der Waals surface area (Å²) in [6, 6.07) is 24.2. The molecule has 0 aliphatic heterocycles. The van der Waals surface area contributed by atoms with Crippen molar-refractivity contribution in [3.05, 3.63) is 102 Å². The molecule has 3 aromatic carbocycles. The third-order valence-electron chi connectivity index (χ3n) is 5.59. The molecule has 0 fully saturated rings. The highest BCUT2D eigenvalue weighted by molar-refractivity contribution is 7.78. The predicted molar refractivity (Wildman–Crippen MR) is 139 cm³/mol. The van der Waals surface area contributed by atoms with Crippen molar-refractivity contribution in [3.8, 4) is 22.9 Å². The van der Waals surface area contributed by atoms with Gasteiger partial charge in [-0.15, -0.1) is 0 Å². The number of hydrogen-bond acceptors (Lipinski definition) is 6. The van der Waals surface area contributed by atoms with E-state index in [1.165, 1.54) is 4.09 Å². The maximum atomic E-state index is 13.3. The van der Waals surface area contributed by atoms with E-state index in [1.54, 1.807) is 37.7 Å². The van der Waals surface area contributed by atoms with Crippen molar-refractivity contribution in [2.24, 2.45) is 0 Å². The summed E-state index contributed by atoms with van der Waals surface area (Å²) in [5.74, 6) is 0.447. The van der Waals surface area contributed by atoms with Crippen LogP contribution < -0.4 is 15.4 Å². The number of benzene rings is 3. The molecule has 35 heavy (non-hydrogen) atoms. The summed E-state index contributed by atoms with van der Waals surface area (Å²) >= 11 is 4.19. The molecule has 176 valence electrons. The van der Waals surface area contributed by atoms with Gasteiger partial charge in [-0.1, -0.05) is 42.5 Å². The predicted octanol–water partition coefficient (Wildman–Crippen LogP) is 4.64. The van der Waals surface area contributed by atoms with Crippen LogP contribution in [-0.2, 0) is 11.2 Å². The Hall–Kier alpha value is -4.06. The average Bonchev–Trinajstić information content (AvgIpc) is 3.33. The third-order valence-corrected chi connectivity index (χ3v) is 5.81. The number of thiol groups is 1. The number of nitrogens with one attached hydrogen (secondary N) is 2. The zero-order valence-corrected chi connectivity index (χ0v) is 20.1. The molecule has 1 unspecified atom stereocenters. The van der Waals surface area contributed by atoms with Crippen LogP contribution in [0, 0.1) is 11.3 Å². The van der Waals surface area contributed by atoms with Crippen LogP contribution in [0.2, 0.25) is 0 Å². The number of aromatic nitrogens is 2. The Morgan fingerprint density at radius 1 is 1.14 bits per heavy atom. The second-order valence-electron chi connectivity index (χ2n) is 7.91. The van der Waals surface area contributed by atoms with Gasteiger partial charge < -0.3 is 15.4 Å². The van der Waals surface area contributed by atoms with Crippen LogP contribution in [0.1, 0.15) is 22.7 Å². The first kappa shape index (κ1) is 24.1. The zero-order valence-electron chi connectivity index (χ0n) is 19.2. The molecule has 8 heteroatoms. The highest BCUT2D eigenvalue weighted by atomic mass is 32.1. The molecule has 0 radical (unpaired) electrons. The minimum Gasteiger partial charge on any atom is -0.496 e. The second kappa shape index (κ2) is 11.4. The first-order valence-electron chi connectivity index (χ1n) is 11.1. The maximum absolute atomic E-state index is 13.3. The number of hydrogen-bond donors (Lipinski definition) is 3. The fraction of sp³-hybridized carbons (Fsp3) is 0.148. The van der Waals surface area contributed by atoms with Crippen LogP contribution in [0.3, 0.4) is 0 Å². The van der Waals surface area contributed by atoms with Crippen LogP contribution in [0.15, 0.2) is 85.2 Å². The van der Waals surface area contributed by atoms with E-state index in [-0.39, 0.29) is 5.91 Å². The van der Waals surface area contributed by atoms with Crippen molar-refractivity contribution in [1.29, 1.82) is 5.26 Å². The first-order chi connectivity index (χ1) is 17.1. The standard InChI is InChI=1S/C27H25N5O2S/c1-34-25-15-23(11-12-24(25)22-17-30-32(35)18-22)31-27(33)26(21-5-3-2-4-6-21)29-14-13-19-7-9-20(16-28)10-8-19/h2-12,15,17-18,26,29,35H,13-14H2,1H3,(H,31,33). The molecule has 4 rings (SSSR count). The minimum absolute atomic E-state index is 0.172. The van der Waals surface area contributed by atoms with Crippen molar-refractivity contribution >= 4 is 24.4 Å². The van der Waals surface area contributed by atoms with Crippen LogP contribution in [-0.4, -0.2) is 28.7 Å². The summed E-state index contributed by atoms with van der Waals surface area (Å²) in [7, 11) is 1.59. The summed E-state index contributed by atoms with van der Waals surface area (Å²) in [6.45, 7) is 0.592. The lowest BCUT2D eigenvalue weighted by Crippen LogP contribution is -2.34. The number of carbonyl (C=O) groups is 1. The molecule has 7 nitrogen and oxygen atoms in total. The maximum Gasteiger partial charge on any atom is 0.246 e. The minimum atomic E-state index is -0.539. The highest BCUT2D eigenvalue weighted by Gasteiger charge is 2.21. The van der Waals surface area contributed by atoms with E-state index < -0.39 is 6.04 Å². The number of methoxy groups -OCH3 is 1. The van der Waals surface area contributed by atoms with Gasteiger partial charge in [-0.05, 0) is 54.6 Å². The molecule has 1 aromatic heterocycles. The number of anilines is 1. The van der Waals surface area contributed by atoms with Gasteiger partial charge in [-0.2, -0.15) is 10.4 Å².